The smallest absolute Gasteiger partial charge is 0.224 e. The van der Waals surface area contributed by atoms with Crippen LogP contribution in [0.1, 0.15) is 25.7 Å². The van der Waals surface area contributed by atoms with Gasteiger partial charge in [-0.15, -0.1) is 0 Å². The van der Waals surface area contributed by atoms with Gasteiger partial charge in [0.25, 0.3) is 0 Å². The number of anilines is 2. The first-order valence-electron chi connectivity index (χ1n) is 6.88. The molecule has 0 amide bonds. The van der Waals surface area contributed by atoms with E-state index < -0.39 is 0 Å². The van der Waals surface area contributed by atoms with E-state index in [0.717, 1.165) is 31.8 Å². The minimum Gasteiger partial charge on any atom is -0.374 e. The molecule has 1 aromatic rings. The Bertz CT molecular complexity index is 454. The van der Waals surface area contributed by atoms with E-state index in [1.165, 1.54) is 12.8 Å². The number of nitrogens with zero attached hydrogens (tertiary/aromatic N) is 3. The minimum atomic E-state index is 0.326. The fourth-order valence-electron chi connectivity index (χ4n) is 3.04. The molecule has 5 nitrogen and oxygen atoms in total. The van der Waals surface area contributed by atoms with Gasteiger partial charge in [-0.3, -0.25) is 0 Å². The van der Waals surface area contributed by atoms with Crippen molar-refractivity contribution in [2.24, 2.45) is 0 Å². The molecule has 2 heterocycles. The molecular formula is C13H19ClN4O. The van der Waals surface area contributed by atoms with Crippen LogP contribution in [0, 0.1) is 0 Å². The molecule has 19 heavy (non-hydrogen) atoms. The monoisotopic (exact) mass is 282 g/mol. The second-order valence-corrected chi connectivity index (χ2v) is 5.48. The largest absolute Gasteiger partial charge is 0.374 e. The summed E-state index contributed by atoms with van der Waals surface area (Å²) in [4.78, 5) is 11.0. The summed E-state index contributed by atoms with van der Waals surface area (Å²) in [6.07, 6.45) is 6.80. The lowest BCUT2D eigenvalue weighted by Gasteiger charge is -2.44. The minimum absolute atomic E-state index is 0.326. The Hall–Kier alpha value is -1.07. The van der Waals surface area contributed by atoms with Gasteiger partial charge in [0.1, 0.15) is 5.02 Å². The number of hydrogen-bond acceptors (Lipinski definition) is 5. The summed E-state index contributed by atoms with van der Waals surface area (Å²) < 4.78 is 5.89. The molecule has 2 atom stereocenters. The van der Waals surface area contributed by atoms with E-state index in [1.54, 1.807) is 6.20 Å². The number of ether oxygens (including phenoxy) is 1. The van der Waals surface area contributed by atoms with Crippen molar-refractivity contribution in [2.45, 2.75) is 37.8 Å². The molecule has 1 saturated carbocycles. The predicted octanol–water partition coefficient (Wildman–Crippen LogP) is 2.32. The summed E-state index contributed by atoms with van der Waals surface area (Å²) in [5.41, 5.74) is 0. The van der Waals surface area contributed by atoms with Gasteiger partial charge in [0, 0.05) is 13.6 Å². The molecule has 0 aromatic carbocycles. The molecule has 1 aliphatic heterocycles. The fourth-order valence-corrected chi connectivity index (χ4v) is 3.24. The molecule has 1 aliphatic carbocycles. The summed E-state index contributed by atoms with van der Waals surface area (Å²) in [6, 6.07) is 0.402. The first-order chi connectivity index (χ1) is 9.29. The molecule has 2 aliphatic rings. The van der Waals surface area contributed by atoms with Crippen molar-refractivity contribution in [1.82, 2.24) is 9.97 Å². The lowest BCUT2D eigenvalue weighted by atomic mass is 9.90. The average molecular weight is 283 g/mol. The zero-order valence-corrected chi connectivity index (χ0v) is 11.9. The number of nitrogens with one attached hydrogen (secondary N) is 1. The van der Waals surface area contributed by atoms with Crippen molar-refractivity contribution >= 4 is 23.4 Å². The van der Waals surface area contributed by atoms with E-state index in [2.05, 4.69) is 20.2 Å². The quantitative estimate of drug-likeness (QED) is 0.902. The number of halogens is 1. The van der Waals surface area contributed by atoms with Crippen molar-refractivity contribution in [2.75, 3.05) is 30.4 Å². The van der Waals surface area contributed by atoms with E-state index in [4.69, 9.17) is 16.3 Å². The van der Waals surface area contributed by atoms with Crippen LogP contribution in [0.5, 0.6) is 0 Å². The average Bonchev–Trinajstić information content (AvgIpc) is 2.47. The Kier molecular flexibility index (Phi) is 3.75. The topological polar surface area (TPSA) is 50.3 Å². The summed E-state index contributed by atoms with van der Waals surface area (Å²) >= 11 is 6.28. The molecule has 0 radical (unpaired) electrons. The van der Waals surface area contributed by atoms with Gasteiger partial charge in [0.05, 0.1) is 24.9 Å². The van der Waals surface area contributed by atoms with Crippen LogP contribution in [0.15, 0.2) is 6.20 Å². The van der Waals surface area contributed by atoms with E-state index >= 15 is 0 Å². The lowest BCUT2D eigenvalue weighted by molar-refractivity contribution is -0.00897. The first kappa shape index (κ1) is 12.9. The van der Waals surface area contributed by atoms with Crippen molar-refractivity contribution < 1.29 is 4.74 Å². The summed E-state index contributed by atoms with van der Waals surface area (Å²) in [7, 11) is 1.82. The molecule has 0 bridgehead atoms. The Balaban J connectivity index is 1.91. The summed E-state index contributed by atoms with van der Waals surface area (Å²) in [5, 5.41) is 3.58. The van der Waals surface area contributed by atoms with E-state index in [9.17, 15) is 0 Å². The number of hydrogen-bond donors (Lipinski definition) is 1. The van der Waals surface area contributed by atoms with Crippen LogP contribution < -0.4 is 10.2 Å². The van der Waals surface area contributed by atoms with Gasteiger partial charge in [-0.05, 0) is 12.8 Å². The predicted molar refractivity (Wildman–Crippen MR) is 75.9 cm³/mol. The molecule has 1 saturated heterocycles. The molecule has 104 valence electrons. The highest BCUT2D eigenvalue weighted by Crippen LogP contribution is 2.34. The van der Waals surface area contributed by atoms with Crippen molar-refractivity contribution in [1.29, 1.82) is 0 Å². The lowest BCUT2D eigenvalue weighted by Crippen LogP contribution is -2.53. The highest BCUT2D eigenvalue weighted by atomic mass is 35.5. The molecule has 0 spiro atoms. The number of morpholine rings is 1. The Labute approximate surface area is 118 Å². The Morgan fingerprint density at radius 1 is 1.42 bits per heavy atom. The van der Waals surface area contributed by atoms with Crippen molar-refractivity contribution in [3.05, 3.63) is 11.2 Å². The van der Waals surface area contributed by atoms with Crippen LogP contribution in [-0.4, -0.2) is 42.3 Å². The van der Waals surface area contributed by atoms with Gasteiger partial charge in [-0.25, -0.2) is 4.98 Å². The zero-order chi connectivity index (χ0) is 13.2. The standard InChI is InChI=1S/C13H19ClN4O/c1-15-13-16-8-9(14)12(17-13)18-6-7-19-11-5-3-2-4-10(11)18/h8,10-11H,2-7H2,1H3,(H,15,16,17). The second kappa shape index (κ2) is 5.51. The van der Waals surface area contributed by atoms with Gasteiger partial charge < -0.3 is 15.0 Å². The molecule has 6 heteroatoms. The first-order valence-corrected chi connectivity index (χ1v) is 7.26. The van der Waals surface area contributed by atoms with Gasteiger partial charge in [0.2, 0.25) is 5.95 Å². The van der Waals surface area contributed by atoms with Gasteiger partial charge in [0.15, 0.2) is 5.82 Å². The van der Waals surface area contributed by atoms with Crippen molar-refractivity contribution in [3.8, 4) is 0 Å². The fraction of sp³-hybridized carbons (Fsp3) is 0.692. The third kappa shape index (κ3) is 2.49. The van der Waals surface area contributed by atoms with Crippen molar-refractivity contribution in [3.63, 3.8) is 0 Å². The normalized spacial score (nSPS) is 26.9. The Morgan fingerprint density at radius 3 is 3.11 bits per heavy atom. The van der Waals surface area contributed by atoms with E-state index in [1.807, 2.05) is 7.05 Å². The van der Waals surface area contributed by atoms with Gasteiger partial charge in [-0.1, -0.05) is 24.4 Å². The highest BCUT2D eigenvalue weighted by molar-refractivity contribution is 6.32. The van der Waals surface area contributed by atoms with Gasteiger partial charge >= 0.3 is 0 Å². The molecule has 2 fully saturated rings. The van der Waals surface area contributed by atoms with Crippen LogP contribution in [0.4, 0.5) is 11.8 Å². The molecule has 1 aromatic heterocycles. The molecule has 2 unspecified atom stereocenters. The summed E-state index contributed by atoms with van der Waals surface area (Å²) in [5.74, 6) is 1.44. The van der Waals surface area contributed by atoms with E-state index in [-0.39, 0.29) is 0 Å². The number of aromatic nitrogens is 2. The molecule has 1 N–H and O–H groups in total. The van der Waals surface area contributed by atoms with Crippen LogP contribution in [0.3, 0.4) is 0 Å². The third-order valence-corrected chi connectivity index (χ3v) is 4.22. The van der Waals surface area contributed by atoms with Crippen LogP contribution in [0.25, 0.3) is 0 Å². The SMILES string of the molecule is CNc1ncc(Cl)c(N2CCOC3CCCCC32)n1. The van der Waals surface area contributed by atoms with E-state index in [0.29, 0.717) is 23.1 Å². The maximum atomic E-state index is 6.28. The highest BCUT2D eigenvalue weighted by Gasteiger charge is 2.35. The third-order valence-electron chi connectivity index (χ3n) is 3.95. The maximum Gasteiger partial charge on any atom is 0.224 e. The van der Waals surface area contributed by atoms with Crippen LogP contribution >= 0.6 is 11.6 Å². The second-order valence-electron chi connectivity index (χ2n) is 5.07. The van der Waals surface area contributed by atoms with Gasteiger partial charge in [-0.2, -0.15) is 4.98 Å². The Morgan fingerprint density at radius 2 is 2.26 bits per heavy atom. The maximum absolute atomic E-state index is 6.28. The molecular weight excluding hydrogens is 264 g/mol. The number of fused-ring (bicyclic) bond motifs is 1. The summed E-state index contributed by atoms with van der Waals surface area (Å²) in [6.45, 7) is 1.59. The van der Waals surface area contributed by atoms with Crippen LogP contribution in [0.2, 0.25) is 5.02 Å². The molecule has 3 rings (SSSR count). The zero-order valence-electron chi connectivity index (χ0n) is 11.1. The number of rotatable bonds is 2. The van der Waals surface area contributed by atoms with Crippen LogP contribution in [-0.2, 0) is 4.74 Å².